The lowest BCUT2D eigenvalue weighted by atomic mass is 10.0. The second-order valence-electron chi connectivity index (χ2n) is 5.74. The van der Waals surface area contributed by atoms with Crippen LogP contribution in [0.1, 0.15) is 30.5 Å². The Kier molecular flexibility index (Phi) is 6.64. The van der Waals surface area contributed by atoms with Crippen molar-refractivity contribution in [2.75, 3.05) is 13.8 Å². The monoisotopic (exact) mass is 323 g/mol. The maximum Gasteiger partial charge on any atom is 0.137 e. The van der Waals surface area contributed by atoms with Crippen molar-refractivity contribution in [1.29, 1.82) is 0 Å². The Hall–Kier alpha value is -2.52. The summed E-state index contributed by atoms with van der Waals surface area (Å²) in [6, 6.07) is 14.2. The van der Waals surface area contributed by atoms with E-state index in [1.165, 1.54) is 5.57 Å². The second-order valence-corrected chi connectivity index (χ2v) is 5.74. The summed E-state index contributed by atoms with van der Waals surface area (Å²) >= 11 is 0. The van der Waals surface area contributed by atoms with Gasteiger partial charge in [0.25, 0.3) is 0 Å². The fourth-order valence-corrected chi connectivity index (χ4v) is 2.40. The van der Waals surface area contributed by atoms with E-state index in [1.807, 2.05) is 36.4 Å². The molecule has 0 aliphatic rings. The molecule has 0 heterocycles. The fourth-order valence-electron chi connectivity index (χ4n) is 2.40. The minimum absolute atomic E-state index is 0.136. The van der Waals surface area contributed by atoms with Gasteiger partial charge in [0.05, 0.1) is 7.11 Å². The molecule has 0 saturated carbocycles. The Morgan fingerprint density at radius 3 is 2.29 bits per heavy atom. The van der Waals surface area contributed by atoms with Crippen molar-refractivity contribution in [1.82, 2.24) is 0 Å². The van der Waals surface area contributed by atoms with Gasteiger partial charge >= 0.3 is 0 Å². The highest BCUT2D eigenvalue weighted by atomic mass is 16.5. The van der Waals surface area contributed by atoms with Gasteiger partial charge in [0.15, 0.2) is 0 Å². The van der Waals surface area contributed by atoms with Gasteiger partial charge < -0.3 is 9.47 Å². The summed E-state index contributed by atoms with van der Waals surface area (Å²) in [5, 5.41) is 0. The number of nitrogens with two attached hydrogens (primary N) is 1. The number of allylic oxidation sites excluding steroid dienone is 2. The molecule has 3 heteroatoms. The molecule has 0 spiro atoms. The van der Waals surface area contributed by atoms with Crippen LogP contribution >= 0.6 is 0 Å². The van der Waals surface area contributed by atoms with E-state index in [4.69, 9.17) is 15.2 Å². The van der Waals surface area contributed by atoms with Crippen molar-refractivity contribution in [2.24, 2.45) is 5.73 Å². The van der Waals surface area contributed by atoms with Crippen molar-refractivity contribution in [3.8, 4) is 11.5 Å². The molecule has 2 aromatic rings. The normalized spacial score (nSPS) is 10.7. The van der Waals surface area contributed by atoms with E-state index in [0.717, 1.165) is 34.6 Å². The van der Waals surface area contributed by atoms with Crippen LogP contribution in [0.15, 0.2) is 54.1 Å². The van der Waals surface area contributed by atoms with Gasteiger partial charge in [0.2, 0.25) is 0 Å². The minimum atomic E-state index is 0.136. The van der Waals surface area contributed by atoms with Crippen molar-refractivity contribution in [3.05, 3.63) is 70.8 Å². The standard InChI is InChI=1S/C21H25NO2/c1-16(2)9-12-19-20(23-3)13-18(14-21(19)24-15-22)11-10-17-7-5-4-6-8-17/h4-11,13-14H,12,15,22H2,1-3H3/b11-10+. The van der Waals surface area contributed by atoms with E-state index in [0.29, 0.717) is 0 Å². The lowest BCUT2D eigenvalue weighted by Gasteiger charge is -2.14. The number of methoxy groups -OCH3 is 1. The van der Waals surface area contributed by atoms with Crippen LogP contribution in [0.5, 0.6) is 11.5 Å². The van der Waals surface area contributed by atoms with Crippen LogP contribution in [-0.2, 0) is 6.42 Å². The Balaban J connectivity index is 2.38. The lowest BCUT2D eigenvalue weighted by Crippen LogP contribution is -2.09. The van der Waals surface area contributed by atoms with Gasteiger partial charge in [0, 0.05) is 5.56 Å². The molecule has 0 aromatic heterocycles. The number of ether oxygens (including phenoxy) is 2. The molecule has 0 fully saturated rings. The first-order valence-corrected chi connectivity index (χ1v) is 8.04. The molecule has 0 radical (unpaired) electrons. The van der Waals surface area contributed by atoms with Crippen molar-refractivity contribution in [2.45, 2.75) is 20.3 Å². The van der Waals surface area contributed by atoms with Crippen molar-refractivity contribution >= 4 is 12.2 Å². The molecule has 0 aliphatic carbocycles. The summed E-state index contributed by atoms with van der Waals surface area (Å²) < 4.78 is 11.2. The van der Waals surface area contributed by atoms with Gasteiger partial charge in [-0.2, -0.15) is 0 Å². The van der Waals surface area contributed by atoms with E-state index < -0.39 is 0 Å². The average molecular weight is 323 g/mol. The molecule has 0 aliphatic heterocycles. The molecule has 2 rings (SSSR count). The maximum absolute atomic E-state index is 5.64. The quantitative estimate of drug-likeness (QED) is 0.457. The molecule has 126 valence electrons. The third kappa shape index (κ3) is 5.00. The first-order chi connectivity index (χ1) is 11.6. The van der Waals surface area contributed by atoms with Crippen LogP contribution in [-0.4, -0.2) is 13.8 Å². The molecule has 0 amide bonds. The zero-order valence-electron chi connectivity index (χ0n) is 14.6. The minimum Gasteiger partial charge on any atom is -0.496 e. The molecule has 2 N–H and O–H groups in total. The van der Waals surface area contributed by atoms with Crippen molar-refractivity contribution in [3.63, 3.8) is 0 Å². The number of benzene rings is 2. The first-order valence-electron chi connectivity index (χ1n) is 8.04. The predicted molar refractivity (Wildman–Crippen MR) is 101 cm³/mol. The molecular weight excluding hydrogens is 298 g/mol. The van der Waals surface area contributed by atoms with Gasteiger partial charge in [-0.25, -0.2) is 0 Å². The average Bonchev–Trinajstić information content (AvgIpc) is 2.59. The number of hydrogen-bond donors (Lipinski definition) is 1. The summed E-state index contributed by atoms with van der Waals surface area (Å²) in [5.41, 5.74) is 10.0. The SMILES string of the molecule is COc1cc(/C=C/c2ccccc2)cc(OCN)c1CC=C(C)C. The molecule has 0 saturated heterocycles. The van der Waals surface area contributed by atoms with Gasteiger partial charge in [-0.1, -0.05) is 54.1 Å². The summed E-state index contributed by atoms with van der Waals surface area (Å²) in [7, 11) is 1.68. The zero-order valence-corrected chi connectivity index (χ0v) is 14.6. The van der Waals surface area contributed by atoms with E-state index in [-0.39, 0.29) is 6.73 Å². The molecule has 0 atom stereocenters. The van der Waals surface area contributed by atoms with Gasteiger partial charge in [-0.15, -0.1) is 0 Å². The smallest absolute Gasteiger partial charge is 0.137 e. The van der Waals surface area contributed by atoms with Gasteiger partial charge in [0.1, 0.15) is 18.2 Å². The number of rotatable bonds is 7. The highest BCUT2D eigenvalue weighted by Gasteiger charge is 2.11. The molecular formula is C21H25NO2. The van der Waals surface area contributed by atoms with Crippen LogP contribution in [0.4, 0.5) is 0 Å². The van der Waals surface area contributed by atoms with E-state index in [2.05, 4.69) is 38.1 Å². The summed E-state index contributed by atoms with van der Waals surface area (Å²) in [4.78, 5) is 0. The van der Waals surface area contributed by atoms with Crippen molar-refractivity contribution < 1.29 is 9.47 Å². The van der Waals surface area contributed by atoms with Crippen LogP contribution < -0.4 is 15.2 Å². The molecule has 0 bridgehead atoms. The highest BCUT2D eigenvalue weighted by Crippen LogP contribution is 2.32. The van der Waals surface area contributed by atoms with Crippen LogP contribution in [0.2, 0.25) is 0 Å². The van der Waals surface area contributed by atoms with E-state index in [9.17, 15) is 0 Å². The highest BCUT2D eigenvalue weighted by molar-refractivity contribution is 5.71. The Labute approximate surface area is 144 Å². The summed E-state index contributed by atoms with van der Waals surface area (Å²) in [5.74, 6) is 1.58. The van der Waals surface area contributed by atoms with Crippen LogP contribution in [0.25, 0.3) is 12.2 Å². The third-order valence-corrected chi connectivity index (χ3v) is 3.63. The lowest BCUT2D eigenvalue weighted by molar-refractivity contribution is 0.322. The molecule has 2 aromatic carbocycles. The van der Waals surface area contributed by atoms with Crippen LogP contribution in [0, 0.1) is 0 Å². The Morgan fingerprint density at radius 1 is 1.00 bits per heavy atom. The molecule has 3 nitrogen and oxygen atoms in total. The molecule has 24 heavy (non-hydrogen) atoms. The van der Waals surface area contributed by atoms with E-state index in [1.54, 1.807) is 7.11 Å². The second kappa shape index (κ2) is 8.94. The Morgan fingerprint density at radius 2 is 1.67 bits per heavy atom. The summed E-state index contributed by atoms with van der Waals surface area (Å²) in [6.45, 7) is 4.29. The zero-order chi connectivity index (χ0) is 17.4. The third-order valence-electron chi connectivity index (χ3n) is 3.63. The van der Waals surface area contributed by atoms with Gasteiger partial charge in [-0.3, -0.25) is 5.73 Å². The first kappa shape index (κ1) is 17.8. The molecule has 0 unspecified atom stereocenters. The summed E-state index contributed by atoms with van der Waals surface area (Å²) in [6.07, 6.45) is 7.02. The topological polar surface area (TPSA) is 44.5 Å². The van der Waals surface area contributed by atoms with Crippen LogP contribution in [0.3, 0.4) is 0 Å². The maximum atomic E-state index is 5.64. The fraction of sp³-hybridized carbons (Fsp3) is 0.238. The van der Waals surface area contributed by atoms with E-state index >= 15 is 0 Å². The van der Waals surface area contributed by atoms with Gasteiger partial charge in [-0.05, 0) is 43.5 Å². The number of hydrogen-bond acceptors (Lipinski definition) is 3. The largest absolute Gasteiger partial charge is 0.496 e. The Bertz CT molecular complexity index is 714. The predicted octanol–water partition coefficient (Wildman–Crippen LogP) is 4.67.